The van der Waals surface area contributed by atoms with Crippen LogP contribution in [0.25, 0.3) is 0 Å². The molecule has 1 heterocycles. The lowest BCUT2D eigenvalue weighted by molar-refractivity contribution is 0.133. The van der Waals surface area contributed by atoms with E-state index in [0.717, 1.165) is 25.9 Å². The van der Waals surface area contributed by atoms with E-state index in [2.05, 4.69) is 54.7 Å². The minimum absolute atomic E-state index is 0.319. The van der Waals surface area contributed by atoms with E-state index in [1.165, 1.54) is 11.1 Å². The first kappa shape index (κ1) is 18.4. The van der Waals surface area contributed by atoms with Crippen molar-refractivity contribution in [2.75, 3.05) is 19.6 Å². The number of piperidine rings is 1. The Morgan fingerprint density at radius 1 is 1.22 bits per heavy atom. The third-order valence-electron chi connectivity index (χ3n) is 4.76. The third kappa shape index (κ3) is 5.57. The number of hydrogen-bond acceptors (Lipinski definition) is 3. The average molecular weight is 340 g/mol. The van der Waals surface area contributed by atoms with Crippen LogP contribution in [0, 0.1) is 5.92 Å². The topological polar surface area (TPSA) is 75.4 Å². The SMILES string of the molecule is CC(C)c1ccc([C@H](C)N2CCC[C@@H](CNS(N)(=O)=O)C2)cc1. The highest BCUT2D eigenvalue weighted by Gasteiger charge is 2.25. The van der Waals surface area contributed by atoms with Crippen molar-refractivity contribution in [2.24, 2.45) is 11.1 Å². The van der Waals surface area contributed by atoms with Crippen LogP contribution in [0.3, 0.4) is 0 Å². The van der Waals surface area contributed by atoms with E-state index in [9.17, 15) is 8.42 Å². The Bertz CT molecular complexity index is 599. The van der Waals surface area contributed by atoms with Gasteiger partial charge in [0.2, 0.25) is 0 Å². The van der Waals surface area contributed by atoms with E-state index < -0.39 is 10.2 Å². The number of nitrogens with one attached hydrogen (secondary N) is 1. The Labute approximate surface area is 140 Å². The van der Waals surface area contributed by atoms with Crippen LogP contribution < -0.4 is 9.86 Å². The number of rotatable bonds is 6. The van der Waals surface area contributed by atoms with Gasteiger partial charge in [-0.25, -0.2) is 9.86 Å². The first-order chi connectivity index (χ1) is 10.8. The zero-order chi connectivity index (χ0) is 17.0. The van der Waals surface area contributed by atoms with Gasteiger partial charge in [0.1, 0.15) is 0 Å². The van der Waals surface area contributed by atoms with Crippen LogP contribution in [0.4, 0.5) is 0 Å². The fraction of sp³-hybridized carbons (Fsp3) is 0.647. The Balaban J connectivity index is 1.97. The molecule has 0 bridgehead atoms. The largest absolute Gasteiger partial charge is 0.296 e. The maximum Gasteiger partial charge on any atom is 0.274 e. The summed E-state index contributed by atoms with van der Waals surface area (Å²) in [5.74, 6) is 0.863. The summed E-state index contributed by atoms with van der Waals surface area (Å²) in [5, 5.41) is 5.02. The molecule has 0 aromatic heterocycles. The van der Waals surface area contributed by atoms with E-state index >= 15 is 0 Å². The summed E-state index contributed by atoms with van der Waals surface area (Å²) in [7, 11) is -3.59. The zero-order valence-electron chi connectivity index (χ0n) is 14.3. The Hall–Kier alpha value is -0.950. The summed E-state index contributed by atoms with van der Waals surface area (Å²) in [6.45, 7) is 9.00. The van der Waals surface area contributed by atoms with Crippen LogP contribution in [0.5, 0.6) is 0 Å². The fourth-order valence-corrected chi connectivity index (χ4v) is 3.69. The van der Waals surface area contributed by atoms with Crippen molar-refractivity contribution in [1.29, 1.82) is 0 Å². The predicted molar refractivity (Wildman–Crippen MR) is 94.4 cm³/mol. The molecule has 0 unspecified atom stereocenters. The highest BCUT2D eigenvalue weighted by atomic mass is 32.2. The molecular formula is C17H29N3O2S. The zero-order valence-corrected chi connectivity index (χ0v) is 15.1. The number of nitrogens with two attached hydrogens (primary N) is 1. The monoisotopic (exact) mass is 339 g/mol. The highest BCUT2D eigenvalue weighted by molar-refractivity contribution is 7.87. The van der Waals surface area contributed by atoms with Gasteiger partial charge < -0.3 is 0 Å². The maximum absolute atomic E-state index is 11.1. The molecule has 2 atom stereocenters. The Kier molecular flexibility index (Phi) is 6.19. The van der Waals surface area contributed by atoms with Gasteiger partial charge in [0, 0.05) is 19.1 Å². The van der Waals surface area contributed by atoms with Crippen molar-refractivity contribution < 1.29 is 8.42 Å². The second-order valence-corrected chi connectivity index (χ2v) is 8.27. The normalized spacial score (nSPS) is 21.5. The second kappa shape index (κ2) is 7.75. The van der Waals surface area contributed by atoms with Crippen molar-refractivity contribution in [3.05, 3.63) is 35.4 Å². The van der Waals surface area contributed by atoms with E-state index in [0.29, 0.717) is 24.4 Å². The molecule has 1 saturated heterocycles. The summed E-state index contributed by atoms with van der Waals surface area (Å²) < 4.78 is 24.5. The fourth-order valence-electron chi connectivity index (χ4n) is 3.22. The first-order valence-electron chi connectivity index (χ1n) is 8.37. The second-order valence-electron chi connectivity index (χ2n) is 6.89. The van der Waals surface area contributed by atoms with Crippen molar-refractivity contribution in [3.8, 4) is 0 Å². The minimum atomic E-state index is -3.59. The van der Waals surface area contributed by atoms with Gasteiger partial charge in [-0.1, -0.05) is 38.1 Å². The van der Waals surface area contributed by atoms with Gasteiger partial charge >= 0.3 is 0 Å². The molecule has 1 fully saturated rings. The van der Waals surface area contributed by atoms with Crippen LogP contribution in [0.2, 0.25) is 0 Å². The van der Waals surface area contributed by atoms with E-state index in [1.54, 1.807) is 0 Å². The summed E-state index contributed by atoms with van der Waals surface area (Å²) in [6.07, 6.45) is 2.13. The Morgan fingerprint density at radius 2 is 1.83 bits per heavy atom. The van der Waals surface area contributed by atoms with Crippen LogP contribution in [0.15, 0.2) is 24.3 Å². The lowest BCUT2D eigenvalue weighted by atomic mass is 9.94. The van der Waals surface area contributed by atoms with E-state index in [4.69, 9.17) is 5.14 Å². The quantitative estimate of drug-likeness (QED) is 0.835. The lowest BCUT2D eigenvalue weighted by Gasteiger charge is -2.37. The van der Waals surface area contributed by atoms with Crippen molar-refractivity contribution >= 4 is 10.2 Å². The molecule has 130 valence electrons. The molecule has 1 aliphatic heterocycles. The highest BCUT2D eigenvalue weighted by Crippen LogP contribution is 2.27. The van der Waals surface area contributed by atoms with Gasteiger partial charge in [-0.05, 0) is 49.3 Å². The van der Waals surface area contributed by atoms with E-state index in [-0.39, 0.29) is 0 Å². The molecule has 3 N–H and O–H groups in total. The summed E-state index contributed by atoms with van der Waals surface area (Å²) in [4.78, 5) is 2.43. The van der Waals surface area contributed by atoms with Gasteiger partial charge in [-0.3, -0.25) is 4.90 Å². The predicted octanol–water partition coefficient (Wildman–Crippen LogP) is 2.38. The van der Waals surface area contributed by atoms with Crippen molar-refractivity contribution in [2.45, 2.75) is 45.6 Å². The van der Waals surface area contributed by atoms with Gasteiger partial charge in [0.05, 0.1) is 0 Å². The number of benzene rings is 1. The molecule has 23 heavy (non-hydrogen) atoms. The summed E-state index contributed by atoms with van der Waals surface area (Å²) in [6, 6.07) is 9.19. The third-order valence-corrected chi connectivity index (χ3v) is 5.33. The molecule has 6 heteroatoms. The standard InChI is InChI=1S/C17H29N3O2S/c1-13(2)16-6-8-17(9-7-16)14(3)20-10-4-5-15(12-20)11-19-23(18,21)22/h6-9,13-15,19H,4-5,10-12H2,1-3H3,(H2,18,21,22)/t14-,15-/m0/s1. The molecular weight excluding hydrogens is 310 g/mol. The summed E-state index contributed by atoms with van der Waals surface area (Å²) >= 11 is 0. The molecule has 2 rings (SSSR count). The van der Waals surface area contributed by atoms with E-state index in [1.807, 2.05) is 0 Å². The first-order valence-corrected chi connectivity index (χ1v) is 9.92. The Morgan fingerprint density at radius 3 is 2.39 bits per heavy atom. The molecule has 1 aromatic carbocycles. The molecule has 0 aliphatic carbocycles. The maximum atomic E-state index is 11.1. The smallest absolute Gasteiger partial charge is 0.274 e. The van der Waals surface area contributed by atoms with Crippen LogP contribution in [-0.2, 0) is 10.2 Å². The van der Waals surface area contributed by atoms with Crippen LogP contribution in [-0.4, -0.2) is 33.0 Å². The van der Waals surface area contributed by atoms with Crippen molar-refractivity contribution in [3.63, 3.8) is 0 Å². The number of hydrogen-bond donors (Lipinski definition) is 2. The number of likely N-dealkylation sites (tertiary alicyclic amines) is 1. The van der Waals surface area contributed by atoms with Gasteiger partial charge in [0.25, 0.3) is 10.2 Å². The molecule has 0 radical (unpaired) electrons. The average Bonchev–Trinajstić information content (AvgIpc) is 2.52. The molecule has 0 saturated carbocycles. The van der Waals surface area contributed by atoms with Crippen LogP contribution in [0.1, 0.15) is 56.7 Å². The van der Waals surface area contributed by atoms with Crippen LogP contribution >= 0.6 is 0 Å². The molecule has 0 spiro atoms. The number of nitrogens with zero attached hydrogens (tertiary/aromatic N) is 1. The minimum Gasteiger partial charge on any atom is -0.296 e. The summed E-state index contributed by atoms with van der Waals surface area (Å²) in [5.41, 5.74) is 2.67. The molecule has 1 aromatic rings. The van der Waals surface area contributed by atoms with Gasteiger partial charge in [0.15, 0.2) is 0 Å². The van der Waals surface area contributed by atoms with Crippen molar-refractivity contribution in [1.82, 2.24) is 9.62 Å². The van der Waals surface area contributed by atoms with Gasteiger partial charge in [-0.2, -0.15) is 8.42 Å². The molecule has 0 amide bonds. The lowest BCUT2D eigenvalue weighted by Crippen LogP contribution is -2.43. The molecule has 5 nitrogen and oxygen atoms in total. The van der Waals surface area contributed by atoms with Gasteiger partial charge in [-0.15, -0.1) is 0 Å². The molecule has 1 aliphatic rings.